The van der Waals surface area contributed by atoms with Gasteiger partial charge < -0.3 is 59.0 Å². The first-order valence-electron chi connectivity index (χ1n) is 19.6. The number of benzene rings is 2. The van der Waals surface area contributed by atoms with E-state index in [1.165, 1.54) is 26.0 Å². The largest absolute Gasteiger partial charge is 0.370 e. The van der Waals surface area contributed by atoms with Crippen molar-refractivity contribution < 1.29 is 38.4 Å². The number of H-pyrrole nitrogens is 1. The quantitative estimate of drug-likeness (QED) is 0.0355. The molecule has 0 saturated heterocycles. The lowest BCUT2D eigenvalue weighted by Crippen LogP contribution is -2.58. The summed E-state index contributed by atoms with van der Waals surface area (Å²) in [6, 6.07) is 7.67. The van der Waals surface area contributed by atoms with Gasteiger partial charge in [0.05, 0.1) is 11.3 Å². The minimum atomic E-state index is -1.45. The number of hydrogen-bond donors (Lipinski definition) is 10. The highest BCUT2D eigenvalue weighted by Crippen LogP contribution is 2.23. The molecule has 13 N–H and O–H groups in total. The van der Waals surface area contributed by atoms with Gasteiger partial charge in [0.25, 0.3) is 5.91 Å². The van der Waals surface area contributed by atoms with Crippen LogP contribution < -0.4 is 49.1 Å². The second-order valence-corrected chi connectivity index (χ2v) is 14.5. The van der Waals surface area contributed by atoms with Crippen molar-refractivity contribution in [2.75, 3.05) is 25.0 Å². The first-order valence-corrected chi connectivity index (χ1v) is 19.6. The number of nitrogens with two attached hydrogens (primary N) is 3. The van der Waals surface area contributed by atoms with E-state index in [9.17, 15) is 38.4 Å². The molecule has 20 nitrogen and oxygen atoms in total. The van der Waals surface area contributed by atoms with E-state index in [1.54, 1.807) is 18.3 Å². The van der Waals surface area contributed by atoms with E-state index >= 15 is 0 Å². The third-order valence-corrected chi connectivity index (χ3v) is 9.79. The molecule has 2 aromatic carbocycles. The molecule has 8 amide bonds. The standard InChI is InChI=1S/C40H54N12O8/c1-4-5-13-30(48-23(3)53)37(58)47-22(2)35(56)51-29(16-10-17-44-40(42)43)36(57)46-20-32-38(59)50-28-15-9-7-12-26(28)39(60)52(32)21-33(54)49-31(34(41)55)18-24-19-45-27-14-8-6-11-25(24)27/h6-9,11-12,14-15,19,22,29-32,45H,4-5,10,13,16-18,20-21H2,1-3H3,(H2,41,55)(H,46,57)(H,47,58)(H,48,53)(H,49,54)(H,50,59)(H,51,56)(H4,42,43,44)/t22-,29-,30-,31-,32?/m0/s1. The van der Waals surface area contributed by atoms with Gasteiger partial charge in [-0.05, 0) is 49.9 Å². The summed E-state index contributed by atoms with van der Waals surface area (Å²) in [4.78, 5) is 114. The highest BCUT2D eigenvalue weighted by Gasteiger charge is 2.38. The van der Waals surface area contributed by atoms with Crippen molar-refractivity contribution in [1.29, 1.82) is 0 Å². The van der Waals surface area contributed by atoms with Crippen LogP contribution in [0.15, 0.2) is 59.7 Å². The van der Waals surface area contributed by atoms with Gasteiger partial charge in [-0.1, -0.05) is 50.1 Å². The smallest absolute Gasteiger partial charge is 0.257 e. The van der Waals surface area contributed by atoms with E-state index in [2.05, 4.69) is 41.9 Å². The van der Waals surface area contributed by atoms with Crippen molar-refractivity contribution in [3.63, 3.8) is 0 Å². The van der Waals surface area contributed by atoms with Crippen LogP contribution in [-0.2, 0) is 40.0 Å². The predicted octanol–water partition coefficient (Wildman–Crippen LogP) is -1.00. The fourth-order valence-electron chi connectivity index (χ4n) is 6.65. The fraction of sp³-hybridized carbons (Fsp3) is 0.425. The van der Waals surface area contributed by atoms with Crippen LogP contribution in [-0.4, -0.2) is 113 Å². The monoisotopic (exact) mass is 830 g/mol. The number of unbranched alkanes of at least 4 members (excludes halogenated alkanes) is 1. The molecule has 0 fully saturated rings. The van der Waals surface area contributed by atoms with Gasteiger partial charge in [-0.3, -0.25) is 43.3 Å². The summed E-state index contributed by atoms with van der Waals surface area (Å²) >= 11 is 0. The molecule has 2 heterocycles. The molecule has 5 atom stereocenters. The van der Waals surface area contributed by atoms with Crippen LogP contribution in [0.3, 0.4) is 0 Å². The van der Waals surface area contributed by atoms with Crippen LogP contribution in [0.25, 0.3) is 10.9 Å². The van der Waals surface area contributed by atoms with Crippen LogP contribution in [0.2, 0.25) is 0 Å². The molecule has 1 aromatic heterocycles. The van der Waals surface area contributed by atoms with Gasteiger partial charge in [0.2, 0.25) is 41.4 Å². The van der Waals surface area contributed by atoms with Gasteiger partial charge in [0.1, 0.15) is 36.8 Å². The molecule has 1 unspecified atom stereocenters. The third kappa shape index (κ3) is 12.8. The lowest BCUT2D eigenvalue weighted by molar-refractivity contribution is -0.133. The van der Waals surface area contributed by atoms with Crippen molar-refractivity contribution in [2.45, 2.75) is 89.5 Å². The molecule has 0 bridgehead atoms. The summed E-state index contributed by atoms with van der Waals surface area (Å²) in [5, 5.41) is 16.5. The Labute approximate surface area is 346 Å². The first kappa shape index (κ1) is 45.7. The number of nitrogens with zero attached hydrogens (tertiary/aromatic N) is 2. The maximum atomic E-state index is 14.0. The number of anilines is 1. The first-order chi connectivity index (χ1) is 28.6. The average molecular weight is 831 g/mol. The number of amides is 8. The maximum absolute atomic E-state index is 14.0. The zero-order valence-electron chi connectivity index (χ0n) is 33.8. The van der Waals surface area contributed by atoms with E-state index in [4.69, 9.17) is 17.2 Å². The number of rotatable bonds is 21. The van der Waals surface area contributed by atoms with E-state index in [-0.39, 0.29) is 43.0 Å². The molecular weight excluding hydrogens is 777 g/mol. The molecule has 322 valence electrons. The summed E-state index contributed by atoms with van der Waals surface area (Å²) < 4.78 is 0. The molecule has 60 heavy (non-hydrogen) atoms. The molecule has 1 aliphatic heterocycles. The molecule has 0 spiro atoms. The third-order valence-electron chi connectivity index (χ3n) is 9.79. The highest BCUT2D eigenvalue weighted by molar-refractivity contribution is 6.11. The lowest BCUT2D eigenvalue weighted by Gasteiger charge is -2.29. The molecular formula is C40H54N12O8. The number of para-hydroxylation sites is 2. The Balaban J connectivity index is 1.52. The van der Waals surface area contributed by atoms with Gasteiger partial charge in [-0.25, -0.2) is 0 Å². The van der Waals surface area contributed by atoms with Crippen LogP contribution in [0.1, 0.15) is 68.8 Å². The number of aromatic amines is 1. The van der Waals surface area contributed by atoms with Crippen molar-refractivity contribution in [1.82, 2.24) is 36.5 Å². The van der Waals surface area contributed by atoms with E-state index in [0.717, 1.165) is 22.2 Å². The summed E-state index contributed by atoms with van der Waals surface area (Å²) in [6.45, 7) is 3.53. The molecule has 0 aliphatic carbocycles. The normalized spacial score (nSPS) is 15.5. The van der Waals surface area contributed by atoms with Gasteiger partial charge in [0.15, 0.2) is 5.96 Å². The van der Waals surface area contributed by atoms with Crippen molar-refractivity contribution >= 4 is 69.8 Å². The number of aliphatic imine (C=N–C) groups is 1. The van der Waals surface area contributed by atoms with E-state index < -0.39 is 90.6 Å². The Morgan fingerprint density at radius 3 is 2.22 bits per heavy atom. The molecule has 1 aliphatic rings. The van der Waals surface area contributed by atoms with Crippen LogP contribution in [0, 0.1) is 0 Å². The van der Waals surface area contributed by atoms with Crippen LogP contribution in [0.4, 0.5) is 5.69 Å². The van der Waals surface area contributed by atoms with E-state index in [1.807, 2.05) is 31.2 Å². The summed E-state index contributed by atoms with van der Waals surface area (Å²) in [5.74, 6) is -5.72. The number of primary amides is 1. The summed E-state index contributed by atoms with van der Waals surface area (Å²) in [5.41, 5.74) is 18.4. The maximum Gasteiger partial charge on any atom is 0.257 e. The van der Waals surface area contributed by atoms with E-state index in [0.29, 0.717) is 18.4 Å². The second-order valence-electron chi connectivity index (χ2n) is 14.5. The Hall–Kier alpha value is -6.99. The van der Waals surface area contributed by atoms with Crippen molar-refractivity contribution in [3.8, 4) is 0 Å². The number of fused-ring (bicyclic) bond motifs is 2. The number of nitrogens with one attached hydrogen (secondary N) is 7. The molecule has 4 rings (SSSR count). The minimum Gasteiger partial charge on any atom is -0.370 e. The minimum absolute atomic E-state index is 0.0122. The lowest BCUT2D eigenvalue weighted by atomic mass is 10.0. The molecule has 3 aromatic rings. The van der Waals surface area contributed by atoms with Gasteiger partial charge in [-0.15, -0.1) is 0 Å². The number of carbonyl (C=O) groups is 8. The Morgan fingerprint density at radius 1 is 0.833 bits per heavy atom. The number of hydrogen-bond acceptors (Lipinski definition) is 9. The SMILES string of the molecule is CCCC[C@H](NC(C)=O)C(=O)N[C@@H](C)C(=O)N[C@@H](CCCN=C(N)N)C(=O)NCC1C(=O)Nc2ccccc2C(=O)N1CC(=O)N[C@@H](Cc1c[nH]c2ccccc12)C(N)=O. The Bertz CT molecular complexity index is 2100. The van der Waals surface area contributed by atoms with Crippen molar-refractivity contribution in [2.24, 2.45) is 22.2 Å². The Kier molecular flexibility index (Phi) is 16.5. The number of carbonyl (C=O) groups excluding carboxylic acids is 8. The topological polar surface area (TPSA) is 318 Å². The highest BCUT2D eigenvalue weighted by atomic mass is 16.2. The number of guanidine groups is 1. The van der Waals surface area contributed by atoms with Crippen LogP contribution >= 0.6 is 0 Å². The van der Waals surface area contributed by atoms with Crippen molar-refractivity contribution in [3.05, 3.63) is 65.9 Å². The van der Waals surface area contributed by atoms with Gasteiger partial charge in [0, 0.05) is 43.5 Å². The zero-order valence-corrected chi connectivity index (χ0v) is 33.8. The molecule has 0 radical (unpaired) electrons. The number of aromatic nitrogens is 1. The summed E-state index contributed by atoms with van der Waals surface area (Å²) in [6.07, 6.45) is 3.75. The molecule has 0 saturated carbocycles. The molecule has 20 heteroatoms. The summed E-state index contributed by atoms with van der Waals surface area (Å²) in [7, 11) is 0. The predicted molar refractivity (Wildman–Crippen MR) is 223 cm³/mol. The Morgan fingerprint density at radius 2 is 1.52 bits per heavy atom. The average Bonchev–Trinajstić information content (AvgIpc) is 3.57. The fourth-order valence-corrected chi connectivity index (χ4v) is 6.65. The van der Waals surface area contributed by atoms with Gasteiger partial charge >= 0.3 is 0 Å². The second kappa shape index (κ2) is 21.7. The zero-order chi connectivity index (χ0) is 43.9. The van der Waals surface area contributed by atoms with Gasteiger partial charge in [-0.2, -0.15) is 0 Å². The van der Waals surface area contributed by atoms with Crippen LogP contribution in [0.5, 0.6) is 0 Å².